The Bertz CT molecular complexity index is 1110. The molecule has 0 radical (unpaired) electrons. The lowest BCUT2D eigenvalue weighted by Crippen LogP contribution is -2.16. The highest BCUT2D eigenvalue weighted by molar-refractivity contribution is 7.09. The van der Waals surface area contributed by atoms with Gasteiger partial charge in [0, 0.05) is 23.0 Å². The number of rotatable bonds is 5. The number of alkyl halides is 3. The number of aromatic nitrogens is 3. The van der Waals surface area contributed by atoms with E-state index in [4.69, 9.17) is 0 Å². The molecule has 7 nitrogen and oxygen atoms in total. The van der Waals surface area contributed by atoms with E-state index in [1.165, 1.54) is 11.3 Å². The van der Waals surface area contributed by atoms with Crippen LogP contribution in [-0.2, 0) is 17.4 Å². The summed E-state index contributed by atoms with van der Waals surface area (Å²) in [5, 5.41) is 11.0. The Kier molecular flexibility index (Phi) is 5.06. The summed E-state index contributed by atoms with van der Waals surface area (Å²) in [5.74, 6) is -0.439. The van der Waals surface area contributed by atoms with Gasteiger partial charge in [-0.05, 0) is 37.6 Å². The molecule has 11 heteroatoms. The molecule has 0 spiro atoms. The minimum atomic E-state index is -4.61. The van der Waals surface area contributed by atoms with Gasteiger partial charge in [0.25, 0.3) is 0 Å². The van der Waals surface area contributed by atoms with E-state index in [1.807, 2.05) is 6.92 Å². The second-order valence-corrected chi connectivity index (χ2v) is 7.90. The number of hydrogen-bond acceptors (Lipinski definition) is 7. The molecular formula is C19H17F3N6OS. The van der Waals surface area contributed by atoms with Crippen LogP contribution in [0.2, 0.25) is 0 Å². The van der Waals surface area contributed by atoms with E-state index in [9.17, 15) is 18.0 Å². The van der Waals surface area contributed by atoms with E-state index in [2.05, 4.69) is 30.9 Å². The first kappa shape index (κ1) is 20.1. The van der Waals surface area contributed by atoms with Crippen molar-refractivity contribution in [2.24, 2.45) is 0 Å². The summed E-state index contributed by atoms with van der Waals surface area (Å²) in [7, 11) is 0. The van der Waals surface area contributed by atoms with Gasteiger partial charge < -0.3 is 16.0 Å². The van der Waals surface area contributed by atoms with Crippen LogP contribution in [0.15, 0.2) is 29.8 Å². The Morgan fingerprint density at radius 1 is 1.27 bits per heavy atom. The van der Waals surface area contributed by atoms with Crippen molar-refractivity contribution in [2.75, 3.05) is 16.0 Å². The van der Waals surface area contributed by atoms with Crippen molar-refractivity contribution in [3.05, 3.63) is 51.6 Å². The van der Waals surface area contributed by atoms with Gasteiger partial charge in [0.15, 0.2) is 0 Å². The maximum Gasteiger partial charge on any atom is 0.421 e. The molecule has 1 aliphatic heterocycles. The summed E-state index contributed by atoms with van der Waals surface area (Å²) in [6.07, 6.45) is -3.62. The van der Waals surface area contributed by atoms with Gasteiger partial charge in [-0.2, -0.15) is 18.2 Å². The SMILES string of the molecule is Cc1nc(C(C)Nc2nc(Nc3ccc4c(c3)CC(=O)N4)ncc2C(F)(F)F)cs1. The number of nitrogens with zero attached hydrogens (tertiary/aromatic N) is 3. The molecule has 1 aliphatic rings. The van der Waals surface area contributed by atoms with Crippen LogP contribution < -0.4 is 16.0 Å². The van der Waals surface area contributed by atoms with Crippen LogP contribution in [0.4, 0.5) is 36.3 Å². The number of carbonyl (C=O) groups is 1. The molecule has 0 saturated heterocycles. The van der Waals surface area contributed by atoms with Crippen LogP contribution in [0.1, 0.15) is 34.8 Å². The molecule has 1 amide bonds. The van der Waals surface area contributed by atoms with Crippen LogP contribution in [0, 0.1) is 6.92 Å². The number of thiazole rings is 1. The molecule has 0 fully saturated rings. The van der Waals surface area contributed by atoms with Gasteiger partial charge in [0.1, 0.15) is 11.4 Å². The highest BCUT2D eigenvalue weighted by Crippen LogP contribution is 2.36. The first-order valence-electron chi connectivity index (χ1n) is 9.01. The van der Waals surface area contributed by atoms with E-state index in [0.717, 1.165) is 16.8 Å². The third-order valence-corrected chi connectivity index (χ3v) is 5.31. The molecule has 3 N–H and O–H groups in total. The second kappa shape index (κ2) is 7.56. The number of carbonyl (C=O) groups excluding carboxylic acids is 1. The number of fused-ring (bicyclic) bond motifs is 1. The zero-order valence-corrected chi connectivity index (χ0v) is 16.8. The fourth-order valence-electron chi connectivity index (χ4n) is 3.05. The van der Waals surface area contributed by atoms with Gasteiger partial charge in [-0.25, -0.2) is 9.97 Å². The molecule has 156 valence electrons. The normalized spacial score (nSPS) is 14.2. The molecule has 30 heavy (non-hydrogen) atoms. The van der Waals surface area contributed by atoms with Crippen molar-refractivity contribution in [1.29, 1.82) is 0 Å². The lowest BCUT2D eigenvalue weighted by molar-refractivity contribution is -0.137. The van der Waals surface area contributed by atoms with E-state index < -0.39 is 17.8 Å². The number of amides is 1. The lowest BCUT2D eigenvalue weighted by Gasteiger charge is -2.18. The number of anilines is 4. The van der Waals surface area contributed by atoms with Crippen LogP contribution in [-0.4, -0.2) is 20.9 Å². The van der Waals surface area contributed by atoms with Crippen molar-refractivity contribution in [1.82, 2.24) is 15.0 Å². The third kappa shape index (κ3) is 4.20. The third-order valence-electron chi connectivity index (χ3n) is 4.51. The van der Waals surface area contributed by atoms with Crippen LogP contribution in [0.25, 0.3) is 0 Å². The van der Waals surface area contributed by atoms with Crippen molar-refractivity contribution in [3.8, 4) is 0 Å². The summed E-state index contributed by atoms with van der Waals surface area (Å²) < 4.78 is 40.4. The second-order valence-electron chi connectivity index (χ2n) is 6.83. The topological polar surface area (TPSA) is 91.8 Å². The molecule has 2 aromatic heterocycles. The minimum absolute atomic E-state index is 0.00407. The van der Waals surface area contributed by atoms with Crippen molar-refractivity contribution < 1.29 is 18.0 Å². The van der Waals surface area contributed by atoms with E-state index in [1.54, 1.807) is 30.5 Å². The van der Waals surface area contributed by atoms with Gasteiger partial charge >= 0.3 is 6.18 Å². The highest BCUT2D eigenvalue weighted by atomic mass is 32.1. The first-order chi connectivity index (χ1) is 14.2. The minimum Gasteiger partial charge on any atom is -0.361 e. The predicted octanol–water partition coefficient (Wildman–Crippen LogP) is 4.67. The number of hydrogen-bond donors (Lipinski definition) is 3. The molecule has 3 heterocycles. The Labute approximate surface area is 173 Å². The molecule has 0 bridgehead atoms. The maximum atomic E-state index is 13.5. The van der Waals surface area contributed by atoms with E-state index in [-0.39, 0.29) is 24.1 Å². The Hall–Kier alpha value is -3.21. The summed E-state index contributed by atoms with van der Waals surface area (Å²) in [4.78, 5) is 23.7. The molecule has 1 atom stereocenters. The summed E-state index contributed by atoms with van der Waals surface area (Å²) in [5.41, 5.74) is 1.75. The van der Waals surface area contributed by atoms with Gasteiger partial charge in [-0.3, -0.25) is 4.79 Å². The molecule has 0 aliphatic carbocycles. The first-order valence-corrected chi connectivity index (χ1v) is 9.89. The monoisotopic (exact) mass is 434 g/mol. The number of halogens is 3. The smallest absolute Gasteiger partial charge is 0.361 e. The van der Waals surface area contributed by atoms with Crippen LogP contribution in [0.3, 0.4) is 0 Å². The fourth-order valence-corrected chi connectivity index (χ4v) is 3.76. The van der Waals surface area contributed by atoms with Crippen molar-refractivity contribution in [2.45, 2.75) is 32.5 Å². The fraction of sp³-hybridized carbons (Fsp3) is 0.263. The van der Waals surface area contributed by atoms with Gasteiger partial charge in [-0.15, -0.1) is 11.3 Å². The van der Waals surface area contributed by atoms with Crippen molar-refractivity contribution in [3.63, 3.8) is 0 Å². The molecule has 1 unspecified atom stereocenters. The Morgan fingerprint density at radius 3 is 2.77 bits per heavy atom. The molecule has 3 aromatic rings. The molecule has 0 saturated carbocycles. The quantitative estimate of drug-likeness (QED) is 0.541. The molecule has 1 aromatic carbocycles. The van der Waals surface area contributed by atoms with E-state index in [0.29, 0.717) is 17.1 Å². The number of benzene rings is 1. The van der Waals surface area contributed by atoms with Crippen LogP contribution >= 0.6 is 11.3 Å². The molecule has 4 rings (SSSR count). The largest absolute Gasteiger partial charge is 0.421 e. The van der Waals surface area contributed by atoms with Gasteiger partial charge in [-0.1, -0.05) is 0 Å². The highest BCUT2D eigenvalue weighted by Gasteiger charge is 2.36. The number of aryl methyl sites for hydroxylation is 1. The zero-order chi connectivity index (χ0) is 21.5. The Balaban J connectivity index is 1.61. The van der Waals surface area contributed by atoms with Gasteiger partial charge in [0.2, 0.25) is 11.9 Å². The van der Waals surface area contributed by atoms with Crippen molar-refractivity contribution >= 4 is 40.4 Å². The molecular weight excluding hydrogens is 417 g/mol. The average Bonchev–Trinajstić information content (AvgIpc) is 3.25. The summed E-state index contributed by atoms with van der Waals surface area (Å²) in [6, 6.07) is 4.68. The summed E-state index contributed by atoms with van der Waals surface area (Å²) in [6.45, 7) is 3.54. The predicted molar refractivity (Wildman–Crippen MR) is 108 cm³/mol. The maximum absolute atomic E-state index is 13.5. The number of nitrogens with one attached hydrogen (secondary N) is 3. The Morgan fingerprint density at radius 2 is 2.07 bits per heavy atom. The van der Waals surface area contributed by atoms with E-state index >= 15 is 0 Å². The summed E-state index contributed by atoms with van der Waals surface area (Å²) >= 11 is 1.42. The van der Waals surface area contributed by atoms with Crippen LogP contribution in [0.5, 0.6) is 0 Å². The standard InChI is InChI=1S/C19H17F3N6OS/c1-9(15-8-30-10(2)25-15)24-17-13(19(20,21)22)7-23-18(28-17)26-12-3-4-14-11(5-12)6-16(29)27-14/h3-5,7-9H,6H2,1-2H3,(H,27,29)(H2,23,24,26,28). The average molecular weight is 434 g/mol. The lowest BCUT2D eigenvalue weighted by atomic mass is 10.1. The van der Waals surface area contributed by atoms with Gasteiger partial charge in [0.05, 0.1) is 23.2 Å². The zero-order valence-electron chi connectivity index (χ0n) is 16.0.